The van der Waals surface area contributed by atoms with Crippen molar-refractivity contribution in [3.05, 3.63) is 63.9 Å². The number of hydrogen-bond donors (Lipinski definition) is 1. The first kappa shape index (κ1) is 12.3. The van der Waals surface area contributed by atoms with Gasteiger partial charge in [0.05, 0.1) is 0 Å². The summed E-state index contributed by atoms with van der Waals surface area (Å²) in [6, 6.07) is 11.1. The standard InChI is InChI=1S/C14H11NO2S/c15-14(17)13-11(8-9-18-13)12(16)7-6-10-4-2-1-3-5-10/h1-9H,(H2,15,17). The van der Waals surface area contributed by atoms with E-state index in [1.165, 1.54) is 17.4 Å². The molecule has 0 aliphatic heterocycles. The lowest BCUT2D eigenvalue weighted by molar-refractivity contribution is 0.0987. The molecule has 90 valence electrons. The molecular weight excluding hydrogens is 246 g/mol. The number of carbonyl (C=O) groups excluding carboxylic acids is 2. The van der Waals surface area contributed by atoms with Crippen LogP contribution in [0.1, 0.15) is 25.6 Å². The summed E-state index contributed by atoms with van der Waals surface area (Å²) in [5.74, 6) is -0.782. The van der Waals surface area contributed by atoms with E-state index in [0.29, 0.717) is 10.4 Å². The predicted octanol–water partition coefficient (Wildman–Crippen LogP) is 2.74. The average molecular weight is 257 g/mol. The lowest BCUT2D eigenvalue weighted by Crippen LogP contribution is -2.12. The van der Waals surface area contributed by atoms with Gasteiger partial charge in [-0.1, -0.05) is 36.4 Å². The van der Waals surface area contributed by atoms with Crippen molar-refractivity contribution in [1.82, 2.24) is 0 Å². The zero-order chi connectivity index (χ0) is 13.0. The molecule has 2 rings (SSSR count). The number of allylic oxidation sites excluding steroid dienone is 1. The first-order chi connectivity index (χ1) is 8.68. The molecule has 3 nitrogen and oxygen atoms in total. The van der Waals surface area contributed by atoms with Gasteiger partial charge < -0.3 is 5.73 Å². The van der Waals surface area contributed by atoms with Crippen molar-refractivity contribution in [2.45, 2.75) is 0 Å². The first-order valence-electron chi connectivity index (χ1n) is 5.33. The highest BCUT2D eigenvalue weighted by Gasteiger charge is 2.14. The molecule has 2 aromatic rings. The molecular formula is C14H11NO2S. The Morgan fingerprint density at radius 2 is 1.83 bits per heavy atom. The molecule has 0 aliphatic carbocycles. The van der Waals surface area contributed by atoms with Gasteiger partial charge in [0.25, 0.3) is 5.91 Å². The molecule has 0 fully saturated rings. The number of carbonyl (C=O) groups is 2. The second-order valence-corrected chi connectivity index (χ2v) is 4.55. The van der Waals surface area contributed by atoms with Crippen LogP contribution < -0.4 is 5.73 Å². The Labute approximate surface area is 109 Å². The molecule has 1 heterocycles. The number of amides is 1. The van der Waals surface area contributed by atoms with Gasteiger partial charge in [-0.25, -0.2) is 0 Å². The van der Waals surface area contributed by atoms with E-state index in [1.54, 1.807) is 17.5 Å². The summed E-state index contributed by atoms with van der Waals surface area (Å²) < 4.78 is 0. The van der Waals surface area contributed by atoms with Gasteiger partial charge in [0.15, 0.2) is 5.78 Å². The Hall–Kier alpha value is -2.20. The molecule has 0 bridgehead atoms. The highest BCUT2D eigenvalue weighted by molar-refractivity contribution is 7.12. The van der Waals surface area contributed by atoms with Crippen LogP contribution in [0.25, 0.3) is 6.08 Å². The van der Waals surface area contributed by atoms with Crippen molar-refractivity contribution in [1.29, 1.82) is 0 Å². The second kappa shape index (κ2) is 5.42. The van der Waals surface area contributed by atoms with Crippen molar-refractivity contribution in [2.24, 2.45) is 5.73 Å². The van der Waals surface area contributed by atoms with E-state index < -0.39 is 5.91 Å². The monoisotopic (exact) mass is 257 g/mol. The van der Waals surface area contributed by atoms with Crippen molar-refractivity contribution in [2.75, 3.05) is 0 Å². The van der Waals surface area contributed by atoms with E-state index in [4.69, 9.17) is 5.73 Å². The molecule has 0 spiro atoms. The smallest absolute Gasteiger partial charge is 0.259 e. The van der Waals surface area contributed by atoms with Gasteiger partial charge in [0.2, 0.25) is 0 Å². The van der Waals surface area contributed by atoms with Crippen LogP contribution in [-0.2, 0) is 0 Å². The summed E-state index contributed by atoms with van der Waals surface area (Å²) in [5.41, 5.74) is 6.49. The third-order valence-electron chi connectivity index (χ3n) is 2.38. The normalized spacial score (nSPS) is 10.7. The van der Waals surface area contributed by atoms with Crippen molar-refractivity contribution < 1.29 is 9.59 Å². The van der Waals surface area contributed by atoms with Crippen LogP contribution in [0.2, 0.25) is 0 Å². The van der Waals surface area contributed by atoms with Crippen LogP contribution >= 0.6 is 11.3 Å². The average Bonchev–Trinajstić information content (AvgIpc) is 2.86. The summed E-state index contributed by atoms with van der Waals surface area (Å²) in [7, 11) is 0. The first-order valence-corrected chi connectivity index (χ1v) is 6.21. The van der Waals surface area contributed by atoms with E-state index in [1.807, 2.05) is 30.3 Å². The lowest BCUT2D eigenvalue weighted by Gasteiger charge is -1.95. The van der Waals surface area contributed by atoms with Gasteiger partial charge in [-0.2, -0.15) is 0 Å². The van der Waals surface area contributed by atoms with Gasteiger partial charge in [-0.05, 0) is 23.1 Å². The van der Waals surface area contributed by atoms with Crippen LogP contribution in [-0.4, -0.2) is 11.7 Å². The third kappa shape index (κ3) is 2.73. The highest BCUT2D eigenvalue weighted by atomic mass is 32.1. The predicted molar refractivity (Wildman–Crippen MR) is 72.6 cm³/mol. The van der Waals surface area contributed by atoms with Crippen molar-refractivity contribution in [3.63, 3.8) is 0 Å². The maximum atomic E-state index is 11.9. The Balaban J connectivity index is 2.20. The Bertz CT molecular complexity index is 599. The summed E-state index contributed by atoms with van der Waals surface area (Å²) in [6.07, 6.45) is 3.16. The van der Waals surface area contributed by atoms with E-state index in [9.17, 15) is 9.59 Å². The van der Waals surface area contributed by atoms with Crippen molar-refractivity contribution >= 4 is 29.1 Å². The molecule has 1 aromatic carbocycles. The SMILES string of the molecule is NC(=O)c1sccc1C(=O)C=Cc1ccccc1. The van der Waals surface area contributed by atoms with Crippen LogP contribution in [0.3, 0.4) is 0 Å². The Morgan fingerprint density at radius 3 is 2.50 bits per heavy atom. The quantitative estimate of drug-likeness (QED) is 0.676. The molecule has 2 N–H and O–H groups in total. The number of rotatable bonds is 4. The molecule has 0 atom stereocenters. The van der Waals surface area contributed by atoms with E-state index in [-0.39, 0.29) is 5.78 Å². The zero-order valence-electron chi connectivity index (χ0n) is 9.50. The Morgan fingerprint density at radius 1 is 1.11 bits per heavy atom. The molecule has 0 saturated heterocycles. The number of nitrogens with two attached hydrogens (primary N) is 1. The van der Waals surface area contributed by atoms with Crippen LogP contribution in [0.4, 0.5) is 0 Å². The van der Waals surface area contributed by atoms with Gasteiger partial charge >= 0.3 is 0 Å². The number of hydrogen-bond acceptors (Lipinski definition) is 3. The van der Waals surface area contributed by atoms with Crippen LogP contribution in [0, 0.1) is 0 Å². The molecule has 1 amide bonds. The van der Waals surface area contributed by atoms with Gasteiger partial charge in [0, 0.05) is 5.56 Å². The molecule has 1 aromatic heterocycles. The van der Waals surface area contributed by atoms with Crippen LogP contribution in [0.15, 0.2) is 47.9 Å². The van der Waals surface area contributed by atoms with E-state index in [0.717, 1.165) is 5.56 Å². The third-order valence-corrected chi connectivity index (χ3v) is 3.31. The molecule has 18 heavy (non-hydrogen) atoms. The number of primary amides is 1. The van der Waals surface area contributed by atoms with Gasteiger partial charge in [0.1, 0.15) is 4.88 Å². The van der Waals surface area contributed by atoms with E-state index in [2.05, 4.69) is 0 Å². The molecule has 0 radical (unpaired) electrons. The molecule has 4 heteroatoms. The van der Waals surface area contributed by atoms with Crippen LogP contribution in [0.5, 0.6) is 0 Å². The fraction of sp³-hybridized carbons (Fsp3) is 0. The fourth-order valence-electron chi connectivity index (χ4n) is 1.52. The number of ketones is 1. The van der Waals surface area contributed by atoms with Crippen molar-refractivity contribution in [3.8, 4) is 0 Å². The largest absolute Gasteiger partial charge is 0.365 e. The summed E-state index contributed by atoms with van der Waals surface area (Å²) in [6.45, 7) is 0. The molecule has 0 saturated carbocycles. The maximum Gasteiger partial charge on any atom is 0.259 e. The number of benzene rings is 1. The summed E-state index contributed by atoms with van der Waals surface area (Å²) in [5, 5.41) is 1.68. The van der Waals surface area contributed by atoms with E-state index >= 15 is 0 Å². The minimum absolute atomic E-state index is 0.214. The summed E-state index contributed by atoms with van der Waals surface area (Å²) >= 11 is 1.18. The van der Waals surface area contributed by atoms with Gasteiger partial charge in [-0.15, -0.1) is 11.3 Å². The number of thiophene rings is 1. The molecule has 0 aliphatic rings. The van der Waals surface area contributed by atoms with Gasteiger partial charge in [-0.3, -0.25) is 9.59 Å². The summed E-state index contributed by atoms with van der Waals surface area (Å²) in [4.78, 5) is 23.3. The molecule has 0 unspecified atom stereocenters. The lowest BCUT2D eigenvalue weighted by atomic mass is 10.1. The zero-order valence-corrected chi connectivity index (χ0v) is 10.3. The maximum absolute atomic E-state index is 11.9. The highest BCUT2D eigenvalue weighted by Crippen LogP contribution is 2.17. The fourth-order valence-corrected chi connectivity index (χ4v) is 2.27. The minimum Gasteiger partial charge on any atom is -0.365 e. The second-order valence-electron chi connectivity index (χ2n) is 3.64. The topological polar surface area (TPSA) is 60.2 Å². The Kier molecular flexibility index (Phi) is 3.69. The minimum atomic E-state index is -0.568.